The molecule has 5 nitrogen and oxygen atoms in total. The maximum Gasteiger partial charge on any atom is 0.416 e. The van der Waals surface area contributed by atoms with Crippen molar-refractivity contribution in [3.63, 3.8) is 0 Å². The van der Waals surface area contributed by atoms with Crippen LogP contribution < -0.4 is 4.90 Å². The second-order valence-corrected chi connectivity index (χ2v) is 6.12. The number of carbonyl (C=O) groups is 3. The molecule has 1 atom stereocenters. The molecule has 1 fully saturated rings. The number of hydrogen-bond donors (Lipinski definition) is 0. The number of carbonyl (C=O) groups excluding carboxylic acids is 3. The molecule has 0 spiro atoms. The molecule has 1 unspecified atom stereocenters. The minimum atomic E-state index is -4.57. The first-order valence-electron chi connectivity index (χ1n) is 7.05. The van der Waals surface area contributed by atoms with Crippen LogP contribution in [0.2, 0.25) is 0 Å². The van der Waals surface area contributed by atoms with E-state index in [1.165, 1.54) is 6.07 Å². The van der Waals surface area contributed by atoms with E-state index in [4.69, 9.17) is 4.74 Å². The van der Waals surface area contributed by atoms with Crippen molar-refractivity contribution in [1.29, 1.82) is 0 Å². The van der Waals surface area contributed by atoms with Crippen molar-refractivity contribution in [3.05, 3.63) is 29.8 Å². The van der Waals surface area contributed by atoms with Gasteiger partial charge in [-0.05, 0) is 25.1 Å². The van der Waals surface area contributed by atoms with Crippen LogP contribution in [-0.2, 0) is 25.3 Å². The van der Waals surface area contributed by atoms with Crippen molar-refractivity contribution in [1.82, 2.24) is 0 Å². The number of hydrogen-bond acceptors (Lipinski definition) is 5. The molecular formula is C15H14F3NO4S. The lowest BCUT2D eigenvalue weighted by Gasteiger charge is -2.16. The minimum Gasteiger partial charge on any atom is -0.465 e. The number of esters is 1. The van der Waals surface area contributed by atoms with Gasteiger partial charge in [0.25, 0.3) is 0 Å². The first kappa shape index (κ1) is 18.3. The Bertz CT molecular complexity index is 662. The van der Waals surface area contributed by atoms with Crippen LogP contribution in [0.1, 0.15) is 18.9 Å². The molecular weight excluding hydrogens is 347 g/mol. The van der Waals surface area contributed by atoms with Gasteiger partial charge in [-0.2, -0.15) is 13.2 Å². The van der Waals surface area contributed by atoms with Gasteiger partial charge in [0.2, 0.25) is 11.8 Å². The average molecular weight is 361 g/mol. The summed E-state index contributed by atoms with van der Waals surface area (Å²) < 4.78 is 43.0. The SMILES string of the molecule is CCOC(=O)CSC1CC(=O)N(c2cccc(C(F)(F)F)c2)C1=O. The molecule has 2 rings (SSSR count). The van der Waals surface area contributed by atoms with Gasteiger partial charge in [-0.3, -0.25) is 14.4 Å². The maximum atomic E-state index is 12.8. The Morgan fingerprint density at radius 2 is 2.08 bits per heavy atom. The fraction of sp³-hybridized carbons (Fsp3) is 0.400. The van der Waals surface area contributed by atoms with Gasteiger partial charge >= 0.3 is 12.1 Å². The predicted octanol–water partition coefficient (Wildman–Crippen LogP) is 2.63. The summed E-state index contributed by atoms with van der Waals surface area (Å²) >= 11 is 0.943. The quantitative estimate of drug-likeness (QED) is 0.596. The lowest BCUT2D eigenvalue weighted by atomic mass is 10.2. The summed E-state index contributed by atoms with van der Waals surface area (Å²) in [6, 6.07) is 4.02. The van der Waals surface area contributed by atoms with Crippen molar-refractivity contribution in [2.45, 2.75) is 24.8 Å². The summed E-state index contributed by atoms with van der Waals surface area (Å²) in [6.45, 7) is 1.84. The van der Waals surface area contributed by atoms with Gasteiger partial charge in [-0.15, -0.1) is 11.8 Å². The number of imide groups is 1. The average Bonchev–Trinajstić information content (AvgIpc) is 2.79. The molecule has 0 bridgehead atoms. The Hall–Kier alpha value is -2.03. The lowest BCUT2D eigenvalue weighted by molar-refractivity contribution is -0.140. The highest BCUT2D eigenvalue weighted by atomic mass is 32.2. The van der Waals surface area contributed by atoms with Gasteiger partial charge in [0.05, 0.1) is 28.9 Å². The first-order chi connectivity index (χ1) is 11.2. The molecule has 1 aliphatic rings. The van der Waals surface area contributed by atoms with E-state index >= 15 is 0 Å². The first-order valence-corrected chi connectivity index (χ1v) is 8.10. The van der Waals surface area contributed by atoms with Crippen LogP contribution in [0.5, 0.6) is 0 Å². The molecule has 1 aromatic rings. The van der Waals surface area contributed by atoms with E-state index in [0.29, 0.717) is 0 Å². The molecule has 9 heteroatoms. The van der Waals surface area contributed by atoms with E-state index in [-0.39, 0.29) is 24.5 Å². The zero-order valence-corrected chi connectivity index (χ0v) is 13.4. The third kappa shape index (κ3) is 4.08. The van der Waals surface area contributed by atoms with Crippen LogP contribution >= 0.6 is 11.8 Å². The third-order valence-corrected chi connectivity index (χ3v) is 4.42. The summed E-state index contributed by atoms with van der Waals surface area (Å²) in [5.74, 6) is -1.84. The van der Waals surface area contributed by atoms with E-state index in [0.717, 1.165) is 34.9 Å². The predicted molar refractivity (Wildman–Crippen MR) is 81.4 cm³/mol. The second-order valence-electron chi connectivity index (χ2n) is 4.92. The summed E-state index contributed by atoms with van der Waals surface area (Å²) in [7, 11) is 0. The topological polar surface area (TPSA) is 63.7 Å². The Kier molecular flexibility index (Phi) is 5.53. The second kappa shape index (κ2) is 7.25. The van der Waals surface area contributed by atoms with Crippen LogP contribution in [0.3, 0.4) is 0 Å². The minimum absolute atomic E-state index is 0.103. The summed E-state index contributed by atoms with van der Waals surface area (Å²) in [5.41, 5.74) is -1.07. The number of halogens is 3. The number of benzene rings is 1. The summed E-state index contributed by atoms with van der Waals surface area (Å²) in [6.07, 6.45) is -4.74. The van der Waals surface area contributed by atoms with Crippen LogP contribution in [-0.4, -0.2) is 35.4 Å². The van der Waals surface area contributed by atoms with E-state index in [2.05, 4.69) is 0 Å². The van der Waals surface area contributed by atoms with E-state index in [1.54, 1.807) is 6.92 Å². The molecule has 0 aromatic heterocycles. The maximum absolute atomic E-state index is 12.8. The zero-order valence-electron chi connectivity index (χ0n) is 12.6. The largest absolute Gasteiger partial charge is 0.465 e. The summed E-state index contributed by atoms with van der Waals surface area (Å²) in [4.78, 5) is 36.4. The molecule has 24 heavy (non-hydrogen) atoms. The highest BCUT2D eigenvalue weighted by Crippen LogP contribution is 2.34. The number of amides is 2. The normalized spacial score (nSPS) is 18.2. The Morgan fingerprint density at radius 1 is 1.38 bits per heavy atom. The monoisotopic (exact) mass is 361 g/mol. The van der Waals surface area contributed by atoms with Crippen molar-refractivity contribution >= 4 is 35.2 Å². The molecule has 1 aliphatic heterocycles. The van der Waals surface area contributed by atoms with E-state index < -0.39 is 34.8 Å². The van der Waals surface area contributed by atoms with E-state index in [9.17, 15) is 27.6 Å². The molecule has 0 radical (unpaired) electrons. The molecule has 1 aromatic carbocycles. The number of ether oxygens (including phenoxy) is 1. The van der Waals surface area contributed by atoms with Gasteiger partial charge in [0.1, 0.15) is 0 Å². The van der Waals surface area contributed by atoms with E-state index in [1.807, 2.05) is 0 Å². The molecule has 0 aliphatic carbocycles. The van der Waals surface area contributed by atoms with Crippen LogP contribution in [0.25, 0.3) is 0 Å². The number of alkyl halides is 3. The number of rotatable bonds is 5. The van der Waals surface area contributed by atoms with Gasteiger partial charge < -0.3 is 4.74 Å². The number of thioether (sulfide) groups is 1. The molecule has 0 saturated carbocycles. The Balaban J connectivity index is 2.13. The van der Waals surface area contributed by atoms with Crippen LogP contribution in [0.15, 0.2) is 24.3 Å². The Labute approximate surface area is 140 Å². The smallest absolute Gasteiger partial charge is 0.416 e. The van der Waals surface area contributed by atoms with Crippen LogP contribution in [0.4, 0.5) is 18.9 Å². The van der Waals surface area contributed by atoms with Crippen molar-refractivity contribution in [2.24, 2.45) is 0 Å². The molecule has 2 amide bonds. The highest BCUT2D eigenvalue weighted by molar-refractivity contribution is 8.01. The number of nitrogens with zero attached hydrogens (tertiary/aromatic N) is 1. The van der Waals surface area contributed by atoms with Crippen molar-refractivity contribution in [3.8, 4) is 0 Å². The van der Waals surface area contributed by atoms with Gasteiger partial charge in [-0.25, -0.2) is 4.90 Å². The lowest BCUT2D eigenvalue weighted by Crippen LogP contribution is -2.31. The summed E-state index contributed by atoms with van der Waals surface area (Å²) in [5, 5.41) is -0.809. The van der Waals surface area contributed by atoms with Crippen molar-refractivity contribution in [2.75, 3.05) is 17.3 Å². The Morgan fingerprint density at radius 3 is 2.71 bits per heavy atom. The molecule has 1 heterocycles. The third-order valence-electron chi connectivity index (χ3n) is 3.24. The van der Waals surface area contributed by atoms with Crippen LogP contribution in [0, 0.1) is 0 Å². The van der Waals surface area contributed by atoms with Gasteiger partial charge in [-0.1, -0.05) is 6.07 Å². The van der Waals surface area contributed by atoms with Gasteiger partial charge in [0, 0.05) is 6.42 Å². The zero-order chi connectivity index (χ0) is 17.9. The van der Waals surface area contributed by atoms with Gasteiger partial charge in [0.15, 0.2) is 0 Å². The molecule has 130 valence electrons. The van der Waals surface area contributed by atoms with Crippen molar-refractivity contribution < 1.29 is 32.3 Å². The molecule has 1 saturated heterocycles. The standard InChI is InChI=1S/C15H14F3NO4S/c1-2-23-13(21)8-24-11-7-12(20)19(14(11)22)10-5-3-4-9(6-10)15(16,17)18/h3-6,11H,2,7-8H2,1H3. The highest BCUT2D eigenvalue weighted by Gasteiger charge is 2.41. The molecule has 0 N–H and O–H groups in total. The number of anilines is 1. The fourth-order valence-corrected chi connectivity index (χ4v) is 3.13. The fourth-order valence-electron chi connectivity index (χ4n) is 2.20.